The number of benzene rings is 1. The number of fused-ring (bicyclic) bond motifs is 1. The zero-order valence-corrected chi connectivity index (χ0v) is 12.5. The summed E-state index contributed by atoms with van der Waals surface area (Å²) < 4.78 is 1.88. The van der Waals surface area contributed by atoms with E-state index in [9.17, 15) is 4.79 Å². The van der Waals surface area contributed by atoms with Gasteiger partial charge in [0.05, 0.1) is 22.4 Å². The normalized spacial score (nSPS) is 11.8. The lowest BCUT2D eigenvalue weighted by Gasteiger charge is -2.06. The summed E-state index contributed by atoms with van der Waals surface area (Å²) in [6.07, 6.45) is 1.82. The summed E-state index contributed by atoms with van der Waals surface area (Å²) in [5.74, 6) is 0.624. The van der Waals surface area contributed by atoms with Gasteiger partial charge in [0, 0.05) is 6.20 Å². The Morgan fingerprint density at radius 2 is 2.14 bits per heavy atom. The van der Waals surface area contributed by atoms with Crippen molar-refractivity contribution in [1.82, 2.24) is 20.0 Å². The molecule has 0 aliphatic carbocycles. The van der Waals surface area contributed by atoms with Crippen LogP contribution in [0, 0.1) is 6.92 Å². The van der Waals surface area contributed by atoms with Crippen molar-refractivity contribution in [3.05, 3.63) is 54.1 Å². The molecule has 0 saturated carbocycles. The van der Waals surface area contributed by atoms with Crippen LogP contribution in [0.3, 0.4) is 0 Å². The Kier molecular flexibility index (Phi) is 3.74. The summed E-state index contributed by atoms with van der Waals surface area (Å²) in [5.41, 5.74) is 6.02. The first-order chi connectivity index (χ1) is 10.6. The topological polar surface area (TPSA) is 75.1 Å². The van der Waals surface area contributed by atoms with Crippen molar-refractivity contribution >= 4 is 22.7 Å². The first-order valence-electron chi connectivity index (χ1n) is 7.04. The average Bonchev–Trinajstić information content (AvgIpc) is 3.14. The van der Waals surface area contributed by atoms with Crippen LogP contribution in [0.2, 0.25) is 0 Å². The molecule has 1 aromatic carbocycles. The molecule has 0 aliphatic heterocycles. The molecule has 1 amide bonds. The molecule has 112 valence electrons. The first-order valence-corrected chi connectivity index (χ1v) is 7.04. The Bertz CT molecular complexity index is 829. The lowest BCUT2D eigenvalue weighted by atomic mass is 10.3. The number of hydrazone groups is 1. The van der Waals surface area contributed by atoms with Crippen molar-refractivity contribution in [3.8, 4) is 0 Å². The van der Waals surface area contributed by atoms with Crippen molar-refractivity contribution in [3.63, 3.8) is 0 Å². The van der Waals surface area contributed by atoms with Gasteiger partial charge in [-0.2, -0.15) is 5.10 Å². The van der Waals surface area contributed by atoms with E-state index in [2.05, 4.69) is 20.5 Å². The van der Waals surface area contributed by atoms with Gasteiger partial charge in [0.25, 0.3) is 5.91 Å². The monoisotopic (exact) mass is 295 g/mol. The maximum Gasteiger partial charge on any atom is 0.260 e. The van der Waals surface area contributed by atoms with Gasteiger partial charge in [-0.05, 0) is 38.1 Å². The van der Waals surface area contributed by atoms with Gasteiger partial charge in [-0.3, -0.25) is 4.79 Å². The van der Waals surface area contributed by atoms with Crippen LogP contribution in [-0.4, -0.2) is 26.2 Å². The highest BCUT2D eigenvalue weighted by Crippen LogP contribution is 2.14. The molecular weight excluding hydrogens is 278 g/mol. The molecule has 2 N–H and O–H groups in total. The fourth-order valence-corrected chi connectivity index (χ4v) is 2.34. The van der Waals surface area contributed by atoms with Crippen LogP contribution in [0.5, 0.6) is 0 Å². The predicted octanol–water partition coefficient (Wildman–Crippen LogP) is 2.21. The molecule has 3 aromatic rings. The number of imidazole rings is 1. The Hall–Kier alpha value is -2.89. The van der Waals surface area contributed by atoms with E-state index in [-0.39, 0.29) is 12.5 Å². The van der Waals surface area contributed by atoms with E-state index >= 15 is 0 Å². The van der Waals surface area contributed by atoms with Gasteiger partial charge in [-0.15, -0.1) is 0 Å². The molecule has 2 heterocycles. The number of rotatable bonds is 4. The number of aryl methyl sites for hydroxylation is 1. The van der Waals surface area contributed by atoms with E-state index in [4.69, 9.17) is 0 Å². The van der Waals surface area contributed by atoms with Gasteiger partial charge in [0.1, 0.15) is 12.4 Å². The van der Waals surface area contributed by atoms with Crippen LogP contribution in [0.1, 0.15) is 18.4 Å². The second-order valence-corrected chi connectivity index (χ2v) is 5.05. The fraction of sp³-hybridized carbons (Fsp3) is 0.188. The van der Waals surface area contributed by atoms with E-state index < -0.39 is 0 Å². The predicted molar refractivity (Wildman–Crippen MR) is 85.6 cm³/mol. The van der Waals surface area contributed by atoms with Crippen molar-refractivity contribution in [2.75, 3.05) is 0 Å². The van der Waals surface area contributed by atoms with E-state index in [0.29, 0.717) is 0 Å². The lowest BCUT2D eigenvalue weighted by Crippen LogP contribution is -2.24. The number of nitrogens with one attached hydrogen (secondary N) is 2. The van der Waals surface area contributed by atoms with Crippen LogP contribution >= 0.6 is 0 Å². The van der Waals surface area contributed by atoms with E-state index in [1.165, 1.54) is 0 Å². The first kappa shape index (κ1) is 14.1. The largest absolute Gasteiger partial charge is 0.360 e. The maximum absolute atomic E-state index is 12.1. The number of hydrogen-bond donors (Lipinski definition) is 2. The number of para-hydroxylation sites is 2. The smallest absolute Gasteiger partial charge is 0.260 e. The lowest BCUT2D eigenvalue weighted by molar-refractivity contribution is -0.121. The molecule has 3 rings (SSSR count). The minimum atomic E-state index is -0.183. The molecule has 0 unspecified atom stereocenters. The molecule has 0 aliphatic rings. The third-order valence-corrected chi connectivity index (χ3v) is 3.48. The van der Waals surface area contributed by atoms with Gasteiger partial charge < -0.3 is 9.55 Å². The molecule has 0 fully saturated rings. The van der Waals surface area contributed by atoms with Crippen molar-refractivity contribution < 1.29 is 4.79 Å². The number of aromatic nitrogens is 3. The molecule has 0 saturated heterocycles. The summed E-state index contributed by atoms with van der Waals surface area (Å²) in [6, 6.07) is 11.5. The summed E-state index contributed by atoms with van der Waals surface area (Å²) in [4.78, 5) is 19.6. The summed E-state index contributed by atoms with van der Waals surface area (Å²) in [5, 5.41) is 4.11. The van der Waals surface area contributed by atoms with Crippen LogP contribution in [0.15, 0.2) is 47.7 Å². The third kappa shape index (κ3) is 2.76. The number of aromatic amines is 1. The Balaban J connectivity index is 1.74. The summed E-state index contributed by atoms with van der Waals surface area (Å²) >= 11 is 0. The highest BCUT2D eigenvalue weighted by Gasteiger charge is 2.10. The van der Waals surface area contributed by atoms with E-state index in [1.54, 1.807) is 0 Å². The average molecular weight is 295 g/mol. The number of carbonyl (C=O) groups excluding carboxylic acids is 1. The molecule has 6 nitrogen and oxygen atoms in total. The quantitative estimate of drug-likeness (QED) is 0.572. The van der Waals surface area contributed by atoms with Gasteiger partial charge in [0.2, 0.25) is 0 Å². The fourth-order valence-electron chi connectivity index (χ4n) is 2.34. The van der Waals surface area contributed by atoms with Gasteiger partial charge in [-0.25, -0.2) is 10.4 Å². The number of amides is 1. The second kappa shape index (κ2) is 5.85. The second-order valence-electron chi connectivity index (χ2n) is 5.05. The maximum atomic E-state index is 12.1. The summed E-state index contributed by atoms with van der Waals surface area (Å²) in [7, 11) is 0. The SMILES string of the molecule is C/C(=N\NC(=O)Cn1c(C)nc2ccccc21)c1ccc[nH]1. The van der Waals surface area contributed by atoms with E-state index in [0.717, 1.165) is 28.3 Å². The van der Waals surface area contributed by atoms with Gasteiger partial charge >= 0.3 is 0 Å². The molecular formula is C16H17N5O. The minimum absolute atomic E-state index is 0.183. The molecule has 0 radical (unpaired) electrons. The minimum Gasteiger partial charge on any atom is -0.360 e. The Morgan fingerprint density at radius 1 is 1.32 bits per heavy atom. The van der Waals surface area contributed by atoms with Crippen molar-refractivity contribution in [1.29, 1.82) is 0 Å². The zero-order valence-electron chi connectivity index (χ0n) is 12.5. The molecule has 6 heteroatoms. The Labute approximate surface area is 127 Å². The van der Waals surface area contributed by atoms with Crippen LogP contribution in [-0.2, 0) is 11.3 Å². The number of hydrogen-bond acceptors (Lipinski definition) is 3. The van der Waals surface area contributed by atoms with Crippen LogP contribution < -0.4 is 5.43 Å². The summed E-state index contributed by atoms with van der Waals surface area (Å²) in [6.45, 7) is 3.92. The molecule has 0 bridgehead atoms. The molecule has 2 aromatic heterocycles. The highest BCUT2D eigenvalue weighted by atomic mass is 16.2. The van der Waals surface area contributed by atoms with Crippen molar-refractivity contribution in [2.45, 2.75) is 20.4 Å². The number of carbonyl (C=O) groups is 1. The number of H-pyrrole nitrogens is 1. The van der Waals surface area contributed by atoms with Crippen molar-refractivity contribution in [2.24, 2.45) is 5.10 Å². The highest BCUT2D eigenvalue weighted by molar-refractivity contribution is 5.97. The van der Waals surface area contributed by atoms with Gasteiger partial charge in [0.15, 0.2) is 0 Å². The molecule has 0 spiro atoms. The Morgan fingerprint density at radius 3 is 2.91 bits per heavy atom. The van der Waals surface area contributed by atoms with E-state index in [1.807, 2.05) is 61.0 Å². The third-order valence-electron chi connectivity index (χ3n) is 3.48. The molecule has 0 atom stereocenters. The number of nitrogens with zero attached hydrogens (tertiary/aromatic N) is 3. The molecule has 22 heavy (non-hydrogen) atoms. The standard InChI is InChI=1S/C16H17N5O/c1-11(13-7-5-9-17-13)19-20-16(22)10-21-12(2)18-14-6-3-4-8-15(14)21/h3-9,17H,10H2,1-2H3,(H,20,22)/b19-11+. The zero-order chi connectivity index (χ0) is 15.5. The van der Waals surface area contributed by atoms with Gasteiger partial charge in [-0.1, -0.05) is 12.1 Å². The van der Waals surface area contributed by atoms with Crippen LogP contribution in [0.4, 0.5) is 0 Å². The van der Waals surface area contributed by atoms with Crippen LogP contribution in [0.25, 0.3) is 11.0 Å².